The van der Waals surface area contributed by atoms with Crippen molar-refractivity contribution in [1.82, 2.24) is 25.0 Å². The van der Waals surface area contributed by atoms with Crippen LogP contribution >= 0.6 is 11.3 Å². The molecule has 2 aromatic heterocycles. The predicted molar refractivity (Wildman–Crippen MR) is 119 cm³/mol. The molecule has 0 spiro atoms. The molecule has 7 heteroatoms. The average molecular weight is 405 g/mol. The van der Waals surface area contributed by atoms with Crippen molar-refractivity contribution in [2.24, 2.45) is 12.0 Å². The van der Waals surface area contributed by atoms with E-state index in [9.17, 15) is 0 Å². The molecule has 0 aliphatic carbocycles. The number of guanidine groups is 1. The number of hydrogen-bond acceptors (Lipinski definition) is 4. The summed E-state index contributed by atoms with van der Waals surface area (Å²) in [5, 5.41) is 11.3. The lowest BCUT2D eigenvalue weighted by Crippen LogP contribution is -2.38. The zero-order valence-electron chi connectivity index (χ0n) is 18.7. The molecule has 0 amide bonds. The van der Waals surface area contributed by atoms with Crippen molar-refractivity contribution in [3.63, 3.8) is 0 Å². The molecule has 2 aromatic rings. The highest BCUT2D eigenvalue weighted by atomic mass is 32.1. The van der Waals surface area contributed by atoms with E-state index in [1.165, 1.54) is 11.3 Å². The van der Waals surface area contributed by atoms with Crippen LogP contribution in [-0.4, -0.2) is 45.8 Å². The second-order valence-electron chi connectivity index (χ2n) is 8.59. The van der Waals surface area contributed by atoms with Crippen LogP contribution < -0.4 is 5.32 Å². The SMILES string of the molecule is CCNC(=NCCc1nc(C(C)(C)C)cs1)N(C)Cc1cn(C)nc1C(C)C. The fourth-order valence-electron chi connectivity index (χ4n) is 2.99. The molecular formula is C21H36N6S. The summed E-state index contributed by atoms with van der Waals surface area (Å²) < 4.78 is 1.90. The number of aliphatic imine (C=N–C) groups is 1. The predicted octanol–water partition coefficient (Wildman–Crippen LogP) is 3.94. The summed E-state index contributed by atoms with van der Waals surface area (Å²) in [5.74, 6) is 1.33. The first-order valence-electron chi connectivity index (χ1n) is 10.1. The summed E-state index contributed by atoms with van der Waals surface area (Å²) >= 11 is 1.73. The van der Waals surface area contributed by atoms with E-state index in [1.807, 2.05) is 11.7 Å². The van der Waals surface area contributed by atoms with Crippen molar-refractivity contribution in [2.75, 3.05) is 20.1 Å². The van der Waals surface area contributed by atoms with E-state index in [0.717, 1.165) is 42.7 Å². The minimum Gasteiger partial charge on any atom is -0.357 e. The monoisotopic (exact) mass is 404 g/mol. The van der Waals surface area contributed by atoms with E-state index in [2.05, 4.69) is 75.5 Å². The average Bonchev–Trinajstić information content (AvgIpc) is 3.20. The topological polar surface area (TPSA) is 58.3 Å². The number of hydrogen-bond donors (Lipinski definition) is 1. The van der Waals surface area contributed by atoms with Crippen LogP contribution in [0.1, 0.15) is 69.4 Å². The number of nitrogens with one attached hydrogen (secondary N) is 1. The molecule has 0 aliphatic heterocycles. The van der Waals surface area contributed by atoms with E-state index >= 15 is 0 Å². The Bertz CT molecular complexity index is 781. The Hall–Kier alpha value is -1.89. The van der Waals surface area contributed by atoms with Gasteiger partial charge in [-0.3, -0.25) is 9.67 Å². The first kappa shape index (κ1) is 22.4. The summed E-state index contributed by atoms with van der Waals surface area (Å²) in [6.45, 7) is 15.4. The van der Waals surface area contributed by atoms with Gasteiger partial charge in [0.25, 0.3) is 0 Å². The zero-order chi connectivity index (χ0) is 20.9. The first-order chi connectivity index (χ1) is 13.1. The molecule has 6 nitrogen and oxygen atoms in total. The minimum atomic E-state index is 0.102. The normalized spacial score (nSPS) is 12.7. The Morgan fingerprint density at radius 2 is 2.07 bits per heavy atom. The van der Waals surface area contributed by atoms with Crippen LogP contribution in [0, 0.1) is 0 Å². The number of aromatic nitrogens is 3. The first-order valence-corrected chi connectivity index (χ1v) is 11.0. The van der Waals surface area contributed by atoms with Gasteiger partial charge in [0.2, 0.25) is 0 Å². The second-order valence-corrected chi connectivity index (χ2v) is 9.53. The van der Waals surface area contributed by atoms with Gasteiger partial charge in [-0.1, -0.05) is 34.6 Å². The van der Waals surface area contributed by atoms with Gasteiger partial charge in [-0.15, -0.1) is 11.3 Å². The standard InChI is InChI=1S/C21H36N6S/c1-9-22-20(23-11-10-18-24-17(14-28-18)21(4,5)6)26(7)12-16-13-27(8)25-19(16)15(2)3/h13-15H,9-12H2,1-8H3,(H,22,23). The maximum absolute atomic E-state index is 4.83. The Kier molecular flexibility index (Phi) is 7.63. The number of aryl methyl sites for hydroxylation is 1. The Balaban J connectivity index is 2.04. The van der Waals surface area contributed by atoms with Gasteiger partial charge in [-0.05, 0) is 12.8 Å². The van der Waals surface area contributed by atoms with Gasteiger partial charge in [-0.25, -0.2) is 4.98 Å². The Morgan fingerprint density at radius 1 is 1.36 bits per heavy atom. The van der Waals surface area contributed by atoms with Gasteiger partial charge in [0.15, 0.2) is 5.96 Å². The minimum absolute atomic E-state index is 0.102. The fourth-order valence-corrected chi connectivity index (χ4v) is 4.00. The summed E-state index contributed by atoms with van der Waals surface area (Å²) in [5.41, 5.74) is 3.67. The summed E-state index contributed by atoms with van der Waals surface area (Å²) in [4.78, 5) is 11.8. The Morgan fingerprint density at radius 3 is 2.64 bits per heavy atom. The molecule has 0 saturated heterocycles. The molecule has 2 rings (SSSR count). The molecule has 0 saturated carbocycles. The van der Waals surface area contributed by atoms with Gasteiger partial charge in [0.05, 0.1) is 16.4 Å². The summed E-state index contributed by atoms with van der Waals surface area (Å²) in [6, 6.07) is 0. The maximum Gasteiger partial charge on any atom is 0.193 e. The van der Waals surface area contributed by atoms with Crippen LogP contribution in [0.15, 0.2) is 16.6 Å². The van der Waals surface area contributed by atoms with Crippen molar-refractivity contribution in [3.05, 3.63) is 33.5 Å². The molecule has 0 fully saturated rings. The van der Waals surface area contributed by atoms with Gasteiger partial charge >= 0.3 is 0 Å². The van der Waals surface area contributed by atoms with Crippen LogP contribution in [0.25, 0.3) is 0 Å². The largest absolute Gasteiger partial charge is 0.357 e. The lowest BCUT2D eigenvalue weighted by atomic mass is 9.93. The highest BCUT2D eigenvalue weighted by Gasteiger charge is 2.18. The van der Waals surface area contributed by atoms with Crippen LogP contribution in [0.2, 0.25) is 0 Å². The third kappa shape index (κ3) is 6.06. The zero-order valence-corrected chi connectivity index (χ0v) is 19.5. The molecule has 2 heterocycles. The molecule has 0 aromatic carbocycles. The van der Waals surface area contributed by atoms with Crippen molar-refractivity contribution < 1.29 is 0 Å². The van der Waals surface area contributed by atoms with Crippen molar-refractivity contribution >= 4 is 17.3 Å². The molecule has 0 bridgehead atoms. The van der Waals surface area contributed by atoms with Gasteiger partial charge in [0, 0.05) is 62.7 Å². The molecule has 1 N–H and O–H groups in total. The molecule has 0 unspecified atom stereocenters. The Labute approximate surface area is 174 Å². The van der Waals surface area contributed by atoms with Crippen molar-refractivity contribution in [2.45, 2.75) is 65.8 Å². The lowest BCUT2D eigenvalue weighted by molar-refractivity contribution is 0.473. The van der Waals surface area contributed by atoms with Crippen LogP contribution in [0.5, 0.6) is 0 Å². The van der Waals surface area contributed by atoms with Crippen LogP contribution in [-0.2, 0) is 25.4 Å². The quantitative estimate of drug-likeness (QED) is 0.561. The van der Waals surface area contributed by atoms with Crippen LogP contribution in [0.4, 0.5) is 0 Å². The van der Waals surface area contributed by atoms with Gasteiger partial charge < -0.3 is 10.2 Å². The smallest absolute Gasteiger partial charge is 0.193 e. The number of nitrogens with zero attached hydrogens (tertiary/aromatic N) is 5. The van der Waals surface area contributed by atoms with E-state index in [4.69, 9.17) is 9.98 Å². The highest BCUT2D eigenvalue weighted by molar-refractivity contribution is 7.09. The van der Waals surface area contributed by atoms with Gasteiger partial charge in [-0.2, -0.15) is 5.10 Å². The van der Waals surface area contributed by atoms with Gasteiger partial charge in [0.1, 0.15) is 0 Å². The van der Waals surface area contributed by atoms with Crippen molar-refractivity contribution in [1.29, 1.82) is 0 Å². The molecule has 28 heavy (non-hydrogen) atoms. The third-order valence-electron chi connectivity index (χ3n) is 4.50. The van der Waals surface area contributed by atoms with E-state index in [1.54, 1.807) is 11.3 Å². The van der Waals surface area contributed by atoms with E-state index < -0.39 is 0 Å². The summed E-state index contributed by atoms with van der Waals surface area (Å²) in [7, 11) is 4.06. The van der Waals surface area contributed by atoms with E-state index in [0.29, 0.717) is 5.92 Å². The molecule has 156 valence electrons. The molecule has 0 atom stereocenters. The number of rotatable bonds is 7. The molecular weight excluding hydrogens is 368 g/mol. The van der Waals surface area contributed by atoms with Crippen LogP contribution in [0.3, 0.4) is 0 Å². The fraction of sp³-hybridized carbons (Fsp3) is 0.667. The number of thiazole rings is 1. The maximum atomic E-state index is 4.83. The highest BCUT2D eigenvalue weighted by Crippen LogP contribution is 2.24. The second kappa shape index (κ2) is 9.54. The van der Waals surface area contributed by atoms with E-state index in [-0.39, 0.29) is 5.41 Å². The molecule has 0 aliphatic rings. The third-order valence-corrected chi connectivity index (χ3v) is 5.40. The van der Waals surface area contributed by atoms with Crippen molar-refractivity contribution in [3.8, 4) is 0 Å². The lowest BCUT2D eigenvalue weighted by Gasteiger charge is -2.22. The summed E-state index contributed by atoms with van der Waals surface area (Å²) in [6.07, 6.45) is 2.98. The molecule has 0 radical (unpaired) electrons.